The van der Waals surface area contributed by atoms with Gasteiger partial charge in [0.15, 0.2) is 5.60 Å². The molecule has 1 rings (SSSR count). The minimum absolute atomic E-state index is 0.0958. The standard InChI is InChI=1S/C22H34O3/c1-8-22(7,24-19(4)23)16-10-13-17(2)11-9-12-18(3)14-15-20-21(5,6)25-20/h1,12-13,20H,9-11,14-16H2,2-7H3/b17-13+,18-12+. The lowest BCUT2D eigenvalue weighted by molar-refractivity contribution is -0.150. The summed E-state index contributed by atoms with van der Waals surface area (Å²) in [6, 6.07) is 0. The summed E-state index contributed by atoms with van der Waals surface area (Å²) >= 11 is 0. The molecule has 0 N–H and O–H groups in total. The normalized spacial score (nSPS) is 22.0. The zero-order valence-electron chi connectivity index (χ0n) is 16.8. The Hall–Kier alpha value is -1.53. The maximum atomic E-state index is 11.1. The molecule has 1 saturated heterocycles. The molecule has 0 aromatic rings. The number of carbonyl (C=O) groups is 1. The molecule has 140 valence electrons. The van der Waals surface area contributed by atoms with Gasteiger partial charge in [0.05, 0.1) is 11.7 Å². The highest BCUT2D eigenvalue weighted by Gasteiger charge is 2.46. The summed E-state index contributed by atoms with van der Waals surface area (Å²) in [6.07, 6.45) is 16.2. The van der Waals surface area contributed by atoms with Gasteiger partial charge in [-0.2, -0.15) is 0 Å². The summed E-state index contributed by atoms with van der Waals surface area (Å²) < 4.78 is 10.8. The molecule has 0 saturated carbocycles. The van der Waals surface area contributed by atoms with Gasteiger partial charge in [-0.05, 0) is 66.7 Å². The van der Waals surface area contributed by atoms with Gasteiger partial charge in [-0.1, -0.05) is 29.2 Å². The van der Waals surface area contributed by atoms with Crippen molar-refractivity contribution in [2.45, 2.75) is 97.4 Å². The van der Waals surface area contributed by atoms with Crippen molar-refractivity contribution in [1.29, 1.82) is 0 Å². The molecule has 0 radical (unpaired) electrons. The van der Waals surface area contributed by atoms with Crippen LogP contribution in [0.3, 0.4) is 0 Å². The highest BCUT2D eigenvalue weighted by Crippen LogP contribution is 2.38. The average molecular weight is 347 g/mol. The summed E-state index contributed by atoms with van der Waals surface area (Å²) in [5.41, 5.74) is 2.07. The molecular weight excluding hydrogens is 312 g/mol. The summed E-state index contributed by atoms with van der Waals surface area (Å²) in [5.74, 6) is 2.25. The molecule has 25 heavy (non-hydrogen) atoms. The third-order valence-corrected chi connectivity index (χ3v) is 4.79. The SMILES string of the molecule is C#CC(C)(CC/C=C(\C)CC/C=C(\C)CCC1OC1(C)C)OC(C)=O. The van der Waals surface area contributed by atoms with Crippen molar-refractivity contribution in [1.82, 2.24) is 0 Å². The van der Waals surface area contributed by atoms with Crippen LogP contribution in [-0.4, -0.2) is 23.3 Å². The van der Waals surface area contributed by atoms with E-state index in [0.29, 0.717) is 12.5 Å². The number of terminal acetylenes is 1. The molecule has 3 heteroatoms. The molecule has 0 spiro atoms. The maximum absolute atomic E-state index is 11.1. The van der Waals surface area contributed by atoms with E-state index < -0.39 is 5.60 Å². The lowest BCUT2D eigenvalue weighted by Gasteiger charge is -2.22. The van der Waals surface area contributed by atoms with E-state index in [2.05, 4.69) is 45.8 Å². The molecule has 1 fully saturated rings. The number of rotatable bonds is 10. The summed E-state index contributed by atoms with van der Waals surface area (Å²) in [7, 11) is 0. The molecule has 1 heterocycles. The van der Waals surface area contributed by atoms with Crippen molar-refractivity contribution in [2.24, 2.45) is 0 Å². The van der Waals surface area contributed by atoms with Crippen LogP contribution in [0.4, 0.5) is 0 Å². The number of esters is 1. The van der Waals surface area contributed by atoms with Crippen LogP contribution in [0.5, 0.6) is 0 Å². The first kappa shape index (κ1) is 21.5. The quantitative estimate of drug-likeness (QED) is 0.231. The van der Waals surface area contributed by atoms with E-state index in [-0.39, 0.29) is 11.6 Å². The molecule has 1 aliphatic rings. The van der Waals surface area contributed by atoms with Crippen molar-refractivity contribution < 1.29 is 14.3 Å². The van der Waals surface area contributed by atoms with Gasteiger partial charge < -0.3 is 9.47 Å². The molecule has 3 nitrogen and oxygen atoms in total. The lowest BCUT2D eigenvalue weighted by atomic mass is 9.99. The predicted octanol–water partition coefficient (Wildman–Crippen LogP) is 5.35. The largest absolute Gasteiger partial charge is 0.446 e. The fourth-order valence-electron chi connectivity index (χ4n) is 2.91. The number of carbonyl (C=O) groups excluding carboxylic acids is 1. The van der Waals surface area contributed by atoms with Crippen molar-refractivity contribution >= 4 is 5.97 Å². The maximum Gasteiger partial charge on any atom is 0.304 e. The van der Waals surface area contributed by atoms with E-state index in [0.717, 1.165) is 32.1 Å². The van der Waals surface area contributed by atoms with Gasteiger partial charge in [0.2, 0.25) is 0 Å². The second-order valence-corrected chi connectivity index (χ2v) is 7.90. The van der Waals surface area contributed by atoms with Gasteiger partial charge in [-0.25, -0.2) is 0 Å². The van der Waals surface area contributed by atoms with Crippen LogP contribution in [-0.2, 0) is 14.3 Å². The Kier molecular flexibility index (Phi) is 7.96. The van der Waals surface area contributed by atoms with Crippen molar-refractivity contribution in [3.05, 3.63) is 23.3 Å². The van der Waals surface area contributed by atoms with E-state index >= 15 is 0 Å². The third-order valence-electron chi connectivity index (χ3n) is 4.79. The zero-order chi connectivity index (χ0) is 19.1. The minimum atomic E-state index is -0.808. The predicted molar refractivity (Wildman–Crippen MR) is 103 cm³/mol. The van der Waals surface area contributed by atoms with Gasteiger partial charge in [0, 0.05) is 13.3 Å². The van der Waals surface area contributed by atoms with Crippen molar-refractivity contribution in [2.75, 3.05) is 0 Å². The Morgan fingerprint density at radius 1 is 1.20 bits per heavy atom. The molecule has 2 atom stereocenters. The van der Waals surface area contributed by atoms with Crippen LogP contribution in [0.2, 0.25) is 0 Å². The molecule has 0 aromatic heterocycles. The van der Waals surface area contributed by atoms with Crippen molar-refractivity contribution in [3.8, 4) is 12.3 Å². The molecule has 2 unspecified atom stereocenters. The zero-order valence-corrected chi connectivity index (χ0v) is 16.8. The highest BCUT2D eigenvalue weighted by atomic mass is 16.6. The smallest absolute Gasteiger partial charge is 0.304 e. The van der Waals surface area contributed by atoms with E-state index in [9.17, 15) is 4.79 Å². The van der Waals surface area contributed by atoms with Crippen LogP contribution < -0.4 is 0 Å². The Bertz CT molecular complexity index is 562. The third kappa shape index (κ3) is 8.40. The van der Waals surface area contributed by atoms with E-state index in [1.165, 1.54) is 18.1 Å². The first-order valence-corrected chi connectivity index (χ1v) is 9.24. The van der Waals surface area contributed by atoms with Gasteiger partial charge in [-0.3, -0.25) is 4.79 Å². The monoisotopic (exact) mass is 346 g/mol. The number of epoxide rings is 1. The molecule has 1 aliphatic heterocycles. The van der Waals surface area contributed by atoms with Gasteiger partial charge in [0.25, 0.3) is 0 Å². The van der Waals surface area contributed by atoms with Crippen LogP contribution in [0.15, 0.2) is 23.3 Å². The molecule has 0 aliphatic carbocycles. The van der Waals surface area contributed by atoms with Crippen LogP contribution in [0.25, 0.3) is 0 Å². The van der Waals surface area contributed by atoms with E-state index in [4.69, 9.17) is 15.9 Å². The molecular formula is C22H34O3. The Morgan fingerprint density at radius 2 is 1.76 bits per heavy atom. The number of hydrogen-bond acceptors (Lipinski definition) is 3. The summed E-state index contributed by atoms with van der Waals surface area (Å²) in [5, 5.41) is 0. The van der Waals surface area contributed by atoms with Crippen LogP contribution in [0, 0.1) is 12.3 Å². The van der Waals surface area contributed by atoms with Gasteiger partial charge in [0.1, 0.15) is 0 Å². The Balaban J connectivity index is 2.27. The molecule has 0 aromatic carbocycles. The first-order chi connectivity index (χ1) is 11.6. The number of allylic oxidation sites excluding steroid dienone is 4. The van der Waals surface area contributed by atoms with Gasteiger partial charge >= 0.3 is 5.97 Å². The van der Waals surface area contributed by atoms with E-state index in [1.807, 2.05) is 0 Å². The molecule has 0 amide bonds. The minimum Gasteiger partial charge on any atom is -0.446 e. The first-order valence-electron chi connectivity index (χ1n) is 9.24. The number of hydrogen-bond donors (Lipinski definition) is 0. The van der Waals surface area contributed by atoms with E-state index in [1.54, 1.807) is 6.92 Å². The van der Waals surface area contributed by atoms with Gasteiger partial charge in [-0.15, -0.1) is 6.42 Å². The van der Waals surface area contributed by atoms with Crippen LogP contribution in [0.1, 0.15) is 80.1 Å². The Labute approximate surface area is 153 Å². The average Bonchev–Trinajstić information content (AvgIpc) is 3.11. The van der Waals surface area contributed by atoms with Crippen molar-refractivity contribution in [3.63, 3.8) is 0 Å². The summed E-state index contributed by atoms with van der Waals surface area (Å²) in [4.78, 5) is 11.1. The fraction of sp³-hybridized carbons (Fsp3) is 0.682. The second kappa shape index (κ2) is 9.25. The second-order valence-electron chi connectivity index (χ2n) is 7.90. The highest BCUT2D eigenvalue weighted by molar-refractivity contribution is 5.67. The molecule has 0 bridgehead atoms. The van der Waals surface area contributed by atoms with Crippen LogP contribution >= 0.6 is 0 Å². The lowest BCUT2D eigenvalue weighted by Crippen LogP contribution is -2.28. The summed E-state index contributed by atoms with van der Waals surface area (Å²) in [6.45, 7) is 11.8. The topological polar surface area (TPSA) is 38.8 Å². The number of ether oxygens (including phenoxy) is 2. The fourth-order valence-corrected chi connectivity index (χ4v) is 2.91. The Morgan fingerprint density at radius 3 is 2.28 bits per heavy atom.